The van der Waals surface area contributed by atoms with Crippen LogP contribution in [0.25, 0.3) is 0 Å². The quantitative estimate of drug-likeness (QED) is 0.779. The van der Waals surface area contributed by atoms with E-state index < -0.39 is 0 Å². The average Bonchev–Trinajstić information content (AvgIpc) is 2.75. The van der Waals surface area contributed by atoms with Crippen molar-refractivity contribution in [1.82, 2.24) is 9.97 Å². The first-order chi connectivity index (χ1) is 6.75. The van der Waals surface area contributed by atoms with Gasteiger partial charge in [0.15, 0.2) is 0 Å². The van der Waals surface area contributed by atoms with Gasteiger partial charge < -0.3 is 9.72 Å². The zero-order valence-electron chi connectivity index (χ0n) is 8.19. The van der Waals surface area contributed by atoms with Gasteiger partial charge in [-0.3, -0.25) is 4.79 Å². The zero-order valence-corrected chi connectivity index (χ0v) is 8.19. The number of hydrogen-bond donors (Lipinski definition) is 1. The molecule has 1 aliphatic heterocycles. The topological polar surface area (TPSA) is 55.0 Å². The molecule has 1 N–H and O–H groups in total. The largest absolute Gasteiger partial charge is 0.378 e. The van der Waals surface area contributed by atoms with Crippen LogP contribution >= 0.6 is 0 Å². The molecule has 2 rings (SSSR count). The zero-order chi connectivity index (χ0) is 9.97. The fourth-order valence-electron chi connectivity index (χ4n) is 1.75. The number of carbonyl (C=O) groups is 1. The Labute approximate surface area is 82.7 Å². The summed E-state index contributed by atoms with van der Waals surface area (Å²) in [6.07, 6.45) is 4.86. The maximum atomic E-state index is 11.7. The molecule has 14 heavy (non-hydrogen) atoms. The molecule has 1 saturated heterocycles. The van der Waals surface area contributed by atoms with E-state index >= 15 is 0 Å². The summed E-state index contributed by atoms with van der Waals surface area (Å²) in [5.74, 6) is 1.04. The van der Waals surface area contributed by atoms with Crippen molar-refractivity contribution in [2.75, 3.05) is 6.61 Å². The molecule has 1 fully saturated rings. The number of H-pyrrole nitrogens is 1. The number of aromatic amines is 1. The summed E-state index contributed by atoms with van der Waals surface area (Å²) in [5.41, 5.74) is 0. The second-order valence-electron chi connectivity index (χ2n) is 3.76. The van der Waals surface area contributed by atoms with Gasteiger partial charge in [-0.15, -0.1) is 0 Å². The maximum absolute atomic E-state index is 11.7. The van der Waals surface area contributed by atoms with Crippen molar-refractivity contribution in [2.45, 2.75) is 25.9 Å². The number of aromatic nitrogens is 2. The Balaban J connectivity index is 1.90. The van der Waals surface area contributed by atoms with Gasteiger partial charge >= 0.3 is 0 Å². The Bertz CT molecular complexity index is 308. The molecule has 4 nitrogen and oxygen atoms in total. The second-order valence-corrected chi connectivity index (χ2v) is 3.76. The third-order valence-corrected chi connectivity index (χ3v) is 2.55. The van der Waals surface area contributed by atoms with E-state index in [-0.39, 0.29) is 17.8 Å². The van der Waals surface area contributed by atoms with Crippen LogP contribution in [0.3, 0.4) is 0 Å². The Morgan fingerprint density at radius 2 is 2.64 bits per heavy atom. The molecule has 4 heteroatoms. The summed E-state index contributed by atoms with van der Waals surface area (Å²) < 4.78 is 5.35. The number of hydrogen-bond acceptors (Lipinski definition) is 3. The van der Waals surface area contributed by atoms with Crippen molar-refractivity contribution in [3.8, 4) is 0 Å². The Hall–Kier alpha value is -1.16. The first-order valence-corrected chi connectivity index (χ1v) is 4.88. The molecule has 0 radical (unpaired) electrons. The van der Waals surface area contributed by atoms with Crippen molar-refractivity contribution >= 4 is 5.78 Å². The molecule has 0 spiro atoms. The highest BCUT2D eigenvalue weighted by Crippen LogP contribution is 2.20. The van der Waals surface area contributed by atoms with Gasteiger partial charge in [0.25, 0.3) is 0 Å². The number of ketones is 1. The van der Waals surface area contributed by atoms with Crippen LogP contribution in [0.4, 0.5) is 0 Å². The smallest absolute Gasteiger partial charge is 0.145 e. The lowest BCUT2D eigenvalue weighted by Gasteiger charge is -2.04. The molecule has 76 valence electrons. The third-order valence-electron chi connectivity index (χ3n) is 2.55. The Morgan fingerprint density at radius 3 is 3.21 bits per heavy atom. The van der Waals surface area contributed by atoms with E-state index in [0.29, 0.717) is 13.0 Å². The van der Waals surface area contributed by atoms with Crippen molar-refractivity contribution in [3.05, 3.63) is 18.2 Å². The minimum absolute atomic E-state index is 0.0649. The highest BCUT2D eigenvalue weighted by Gasteiger charge is 2.28. The molecule has 2 unspecified atom stereocenters. The molecule has 1 aliphatic rings. The van der Waals surface area contributed by atoms with E-state index in [1.54, 1.807) is 12.4 Å². The summed E-state index contributed by atoms with van der Waals surface area (Å²) in [6.45, 7) is 2.57. The van der Waals surface area contributed by atoms with Gasteiger partial charge in [-0.2, -0.15) is 0 Å². The van der Waals surface area contributed by atoms with E-state index in [1.807, 2.05) is 6.92 Å². The molecule has 2 heterocycles. The second kappa shape index (κ2) is 3.92. The SMILES string of the molecule is CC1CC(C(=O)Cc2ncc[nH]2)CO1. The van der Waals surface area contributed by atoms with Crippen LogP contribution in [0, 0.1) is 5.92 Å². The van der Waals surface area contributed by atoms with E-state index in [0.717, 1.165) is 12.2 Å². The molecule has 1 aromatic rings. The van der Waals surface area contributed by atoms with E-state index in [4.69, 9.17) is 4.74 Å². The lowest BCUT2D eigenvalue weighted by Crippen LogP contribution is -2.17. The summed E-state index contributed by atoms with van der Waals surface area (Å²) in [4.78, 5) is 18.7. The van der Waals surface area contributed by atoms with Gasteiger partial charge in [-0.05, 0) is 13.3 Å². The molecule has 1 aromatic heterocycles. The van der Waals surface area contributed by atoms with Gasteiger partial charge in [0.05, 0.1) is 19.1 Å². The number of rotatable bonds is 3. The van der Waals surface area contributed by atoms with Crippen LogP contribution in [0.15, 0.2) is 12.4 Å². The molecule has 0 aromatic carbocycles. The van der Waals surface area contributed by atoms with Crippen molar-refractivity contribution in [1.29, 1.82) is 0 Å². The number of carbonyl (C=O) groups excluding carboxylic acids is 1. The number of Topliss-reactive ketones (excluding diaryl/α,β-unsaturated/α-hetero) is 1. The Morgan fingerprint density at radius 1 is 1.79 bits per heavy atom. The van der Waals surface area contributed by atoms with Gasteiger partial charge in [-0.25, -0.2) is 4.98 Å². The molecule has 0 bridgehead atoms. The van der Waals surface area contributed by atoms with Crippen molar-refractivity contribution < 1.29 is 9.53 Å². The monoisotopic (exact) mass is 194 g/mol. The fraction of sp³-hybridized carbons (Fsp3) is 0.600. The van der Waals surface area contributed by atoms with Crippen LogP contribution in [-0.2, 0) is 16.0 Å². The van der Waals surface area contributed by atoms with Gasteiger partial charge in [0.2, 0.25) is 0 Å². The van der Waals surface area contributed by atoms with Gasteiger partial charge in [-0.1, -0.05) is 0 Å². The maximum Gasteiger partial charge on any atom is 0.145 e. The molecule has 0 saturated carbocycles. The standard InChI is InChI=1S/C10H14N2O2/c1-7-4-8(6-14-7)9(13)5-10-11-2-3-12-10/h2-3,7-8H,4-6H2,1H3,(H,11,12). The first kappa shape index (κ1) is 9.40. The van der Waals surface area contributed by atoms with Crippen molar-refractivity contribution in [2.24, 2.45) is 5.92 Å². The lowest BCUT2D eigenvalue weighted by molar-refractivity contribution is -0.122. The van der Waals surface area contributed by atoms with E-state index in [9.17, 15) is 4.79 Å². The molecule has 2 atom stereocenters. The van der Waals surface area contributed by atoms with Gasteiger partial charge in [0.1, 0.15) is 11.6 Å². The minimum Gasteiger partial charge on any atom is -0.378 e. The Kier molecular flexibility index (Phi) is 2.63. The number of nitrogens with zero attached hydrogens (tertiary/aromatic N) is 1. The normalized spacial score (nSPS) is 26.6. The van der Waals surface area contributed by atoms with E-state index in [1.165, 1.54) is 0 Å². The molecular weight excluding hydrogens is 180 g/mol. The van der Waals surface area contributed by atoms with Crippen LogP contribution in [0.5, 0.6) is 0 Å². The summed E-state index contributed by atoms with van der Waals surface area (Å²) >= 11 is 0. The van der Waals surface area contributed by atoms with Crippen LogP contribution in [0.1, 0.15) is 19.2 Å². The summed E-state index contributed by atoms with van der Waals surface area (Å²) in [5, 5.41) is 0. The predicted molar refractivity (Wildman–Crippen MR) is 50.8 cm³/mol. The summed E-state index contributed by atoms with van der Waals surface area (Å²) in [7, 11) is 0. The van der Waals surface area contributed by atoms with Gasteiger partial charge in [0, 0.05) is 18.3 Å². The summed E-state index contributed by atoms with van der Waals surface area (Å²) in [6, 6.07) is 0. The lowest BCUT2D eigenvalue weighted by atomic mass is 9.99. The predicted octanol–water partition coefficient (Wildman–Crippen LogP) is 0.946. The highest BCUT2D eigenvalue weighted by atomic mass is 16.5. The fourth-order valence-corrected chi connectivity index (χ4v) is 1.75. The molecule has 0 amide bonds. The van der Waals surface area contributed by atoms with Crippen molar-refractivity contribution in [3.63, 3.8) is 0 Å². The molecule has 0 aliphatic carbocycles. The third kappa shape index (κ3) is 2.01. The van der Waals surface area contributed by atoms with E-state index in [2.05, 4.69) is 9.97 Å². The van der Waals surface area contributed by atoms with Crippen LogP contribution in [-0.4, -0.2) is 28.5 Å². The number of nitrogens with one attached hydrogen (secondary N) is 1. The molecular formula is C10H14N2O2. The first-order valence-electron chi connectivity index (χ1n) is 4.88. The highest BCUT2D eigenvalue weighted by molar-refractivity contribution is 5.82. The minimum atomic E-state index is 0.0649. The average molecular weight is 194 g/mol. The van der Waals surface area contributed by atoms with Crippen LogP contribution < -0.4 is 0 Å². The number of imidazole rings is 1. The van der Waals surface area contributed by atoms with Crippen LogP contribution in [0.2, 0.25) is 0 Å². The number of ether oxygens (including phenoxy) is 1.